The molecular formula is C22H30N4O2. The third kappa shape index (κ3) is 4.05. The SMILES string of the molecule is CN(C)[C@]1(c2ccccc2)CC[C@@]2(CC1)CC(=O)N(CC(=O)NCCC#N)C2. The van der Waals surface area contributed by atoms with Gasteiger partial charge < -0.3 is 10.2 Å². The van der Waals surface area contributed by atoms with Gasteiger partial charge in [-0.05, 0) is 50.8 Å². The van der Waals surface area contributed by atoms with E-state index < -0.39 is 0 Å². The number of hydrogen-bond donors (Lipinski definition) is 1. The van der Waals surface area contributed by atoms with Gasteiger partial charge in [-0.15, -0.1) is 0 Å². The van der Waals surface area contributed by atoms with Crippen LogP contribution in [0.25, 0.3) is 0 Å². The lowest BCUT2D eigenvalue weighted by Crippen LogP contribution is -2.47. The van der Waals surface area contributed by atoms with Crippen LogP contribution < -0.4 is 5.32 Å². The molecule has 2 fully saturated rings. The molecule has 1 heterocycles. The molecule has 2 aliphatic rings. The predicted octanol–water partition coefficient (Wildman–Crippen LogP) is 2.27. The van der Waals surface area contributed by atoms with E-state index in [1.807, 2.05) is 12.1 Å². The average molecular weight is 383 g/mol. The third-order valence-electron chi connectivity index (χ3n) is 6.60. The summed E-state index contributed by atoms with van der Waals surface area (Å²) in [6.45, 7) is 1.10. The van der Waals surface area contributed by atoms with Gasteiger partial charge in [0.15, 0.2) is 0 Å². The normalized spacial score (nSPS) is 27.2. The van der Waals surface area contributed by atoms with Crippen molar-refractivity contribution < 1.29 is 9.59 Å². The fraction of sp³-hybridized carbons (Fsp3) is 0.591. The summed E-state index contributed by atoms with van der Waals surface area (Å²) < 4.78 is 0. The Bertz CT molecular complexity index is 746. The van der Waals surface area contributed by atoms with E-state index in [1.54, 1.807) is 4.90 Å². The minimum absolute atomic E-state index is 0.0116. The monoisotopic (exact) mass is 382 g/mol. The van der Waals surface area contributed by atoms with E-state index in [4.69, 9.17) is 5.26 Å². The molecule has 1 aromatic rings. The molecule has 1 N–H and O–H groups in total. The van der Waals surface area contributed by atoms with Gasteiger partial charge in [0.05, 0.1) is 19.0 Å². The molecule has 0 aromatic heterocycles. The summed E-state index contributed by atoms with van der Waals surface area (Å²) in [5.41, 5.74) is 1.34. The Balaban J connectivity index is 1.64. The molecular weight excluding hydrogens is 352 g/mol. The van der Waals surface area contributed by atoms with Crippen molar-refractivity contribution in [3.63, 3.8) is 0 Å². The number of benzene rings is 1. The van der Waals surface area contributed by atoms with Crippen LogP contribution in [0.15, 0.2) is 30.3 Å². The predicted molar refractivity (Wildman–Crippen MR) is 107 cm³/mol. The summed E-state index contributed by atoms with van der Waals surface area (Å²) in [5, 5.41) is 11.3. The molecule has 3 rings (SSSR count). The van der Waals surface area contributed by atoms with Crippen LogP contribution in [-0.2, 0) is 15.1 Å². The Hall–Kier alpha value is -2.39. The molecule has 6 nitrogen and oxygen atoms in total. The molecule has 150 valence electrons. The van der Waals surface area contributed by atoms with Crippen LogP contribution in [0, 0.1) is 16.7 Å². The topological polar surface area (TPSA) is 76.4 Å². The Morgan fingerprint density at radius 2 is 1.89 bits per heavy atom. The number of nitrogens with one attached hydrogen (secondary N) is 1. The van der Waals surface area contributed by atoms with Gasteiger partial charge >= 0.3 is 0 Å². The van der Waals surface area contributed by atoms with Crippen LogP contribution in [0.4, 0.5) is 0 Å². The zero-order valence-corrected chi connectivity index (χ0v) is 16.9. The number of amides is 2. The van der Waals surface area contributed by atoms with Crippen molar-refractivity contribution in [2.75, 3.05) is 33.7 Å². The van der Waals surface area contributed by atoms with Crippen molar-refractivity contribution in [3.8, 4) is 6.07 Å². The summed E-state index contributed by atoms with van der Waals surface area (Å²) in [6.07, 6.45) is 4.82. The Labute approximate surface area is 167 Å². The fourth-order valence-electron chi connectivity index (χ4n) is 4.88. The minimum atomic E-state index is -0.177. The Morgan fingerprint density at radius 3 is 2.50 bits per heavy atom. The second-order valence-electron chi connectivity index (χ2n) is 8.48. The first kappa shape index (κ1) is 20.3. The molecule has 1 spiro atoms. The lowest BCUT2D eigenvalue weighted by atomic mass is 9.64. The molecule has 1 saturated heterocycles. The van der Waals surface area contributed by atoms with Gasteiger partial charge in [0.1, 0.15) is 0 Å². The quantitative estimate of drug-likeness (QED) is 0.766. The van der Waals surface area contributed by atoms with E-state index >= 15 is 0 Å². The zero-order valence-electron chi connectivity index (χ0n) is 16.9. The number of hydrogen-bond acceptors (Lipinski definition) is 4. The van der Waals surface area contributed by atoms with Crippen molar-refractivity contribution >= 4 is 11.8 Å². The van der Waals surface area contributed by atoms with Crippen molar-refractivity contribution in [3.05, 3.63) is 35.9 Å². The lowest BCUT2D eigenvalue weighted by molar-refractivity contribution is -0.133. The molecule has 0 unspecified atom stereocenters. The van der Waals surface area contributed by atoms with Gasteiger partial charge in [-0.2, -0.15) is 5.26 Å². The summed E-state index contributed by atoms with van der Waals surface area (Å²) in [7, 11) is 4.28. The standard InChI is InChI=1S/C22H30N4O2/c1-25(2)22(18-7-4-3-5-8-18)11-9-21(10-12-22)15-20(28)26(17-21)16-19(27)24-14-6-13-23/h3-5,7-8H,6,9-12,14-17H2,1-2H3,(H,24,27)/t21-,22-. The fourth-order valence-corrected chi connectivity index (χ4v) is 4.88. The molecule has 1 aliphatic carbocycles. The average Bonchev–Trinajstić information content (AvgIpc) is 2.98. The van der Waals surface area contributed by atoms with Crippen molar-refractivity contribution in [2.24, 2.45) is 5.41 Å². The highest BCUT2D eigenvalue weighted by Crippen LogP contribution is 2.51. The van der Waals surface area contributed by atoms with E-state index in [1.165, 1.54) is 5.56 Å². The second-order valence-corrected chi connectivity index (χ2v) is 8.48. The summed E-state index contributed by atoms with van der Waals surface area (Å²) in [4.78, 5) is 28.6. The van der Waals surface area contributed by atoms with Crippen molar-refractivity contribution in [1.82, 2.24) is 15.1 Å². The first-order valence-corrected chi connectivity index (χ1v) is 10.1. The first-order valence-electron chi connectivity index (χ1n) is 10.1. The molecule has 1 aliphatic heterocycles. The van der Waals surface area contributed by atoms with Gasteiger partial charge in [0.2, 0.25) is 11.8 Å². The molecule has 0 atom stereocenters. The van der Waals surface area contributed by atoms with Crippen LogP contribution in [-0.4, -0.2) is 55.3 Å². The van der Waals surface area contributed by atoms with E-state index in [0.29, 0.717) is 19.5 Å². The largest absolute Gasteiger partial charge is 0.354 e. The van der Waals surface area contributed by atoms with Gasteiger partial charge in [-0.3, -0.25) is 14.5 Å². The zero-order chi connectivity index (χ0) is 20.2. The summed E-state index contributed by atoms with van der Waals surface area (Å²) >= 11 is 0. The maximum absolute atomic E-state index is 12.6. The molecule has 0 radical (unpaired) electrons. The van der Waals surface area contributed by atoms with E-state index in [2.05, 4.69) is 48.6 Å². The second kappa shape index (κ2) is 8.32. The highest BCUT2D eigenvalue weighted by Gasteiger charge is 2.50. The number of carbonyl (C=O) groups excluding carboxylic acids is 2. The van der Waals surface area contributed by atoms with E-state index in [9.17, 15) is 9.59 Å². The lowest BCUT2D eigenvalue weighted by Gasteiger charge is -2.48. The minimum Gasteiger partial charge on any atom is -0.354 e. The number of likely N-dealkylation sites (tertiary alicyclic amines) is 1. The highest BCUT2D eigenvalue weighted by molar-refractivity contribution is 5.86. The summed E-state index contributed by atoms with van der Waals surface area (Å²) in [6, 6.07) is 12.6. The van der Waals surface area contributed by atoms with Crippen molar-refractivity contribution in [1.29, 1.82) is 5.26 Å². The Kier molecular flexibility index (Phi) is 6.04. The van der Waals surface area contributed by atoms with Crippen LogP contribution in [0.1, 0.15) is 44.1 Å². The Morgan fingerprint density at radius 1 is 1.21 bits per heavy atom. The molecule has 6 heteroatoms. The van der Waals surface area contributed by atoms with Gasteiger partial charge in [0, 0.05) is 25.0 Å². The van der Waals surface area contributed by atoms with Crippen LogP contribution >= 0.6 is 0 Å². The van der Waals surface area contributed by atoms with Crippen LogP contribution in [0.3, 0.4) is 0 Å². The maximum atomic E-state index is 12.6. The third-order valence-corrected chi connectivity index (χ3v) is 6.60. The van der Waals surface area contributed by atoms with Gasteiger partial charge in [-0.25, -0.2) is 0 Å². The number of carbonyl (C=O) groups is 2. The molecule has 1 aromatic carbocycles. The van der Waals surface area contributed by atoms with Gasteiger partial charge in [-0.1, -0.05) is 30.3 Å². The molecule has 2 amide bonds. The van der Waals surface area contributed by atoms with Crippen LogP contribution in [0.2, 0.25) is 0 Å². The smallest absolute Gasteiger partial charge is 0.239 e. The number of nitrogens with zero attached hydrogens (tertiary/aromatic N) is 3. The molecule has 0 bridgehead atoms. The highest BCUT2D eigenvalue weighted by atomic mass is 16.2. The summed E-state index contributed by atoms with van der Waals surface area (Å²) in [5.74, 6) is -0.101. The maximum Gasteiger partial charge on any atom is 0.239 e. The number of rotatable bonds is 6. The van der Waals surface area contributed by atoms with Crippen molar-refractivity contribution in [2.45, 2.75) is 44.1 Å². The van der Waals surface area contributed by atoms with Crippen LogP contribution in [0.5, 0.6) is 0 Å². The molecule has 1 saturated carbocycles. The van der Waals surface area contributed by atoms with E-state index in [0.717, 1.165) is 25.7 Å². The van der Waals surface area contributed by atoms with E-state index in [-0.39, 0.29) is 35.7 Å². The number of nitriles is 1. The first-order chi connectivity index (χ1) is 13.4. The molecule has 28 heavy (non-hydrogen) atoms. The van der Waals surface area contributed by atoms with Gasteiger partial charge in [0.25, 0.3) is 0 Å².